The second-order valence-corrected chi connectivity index (χ2v) is 14.4. The molecular formula is C47H42N6O5. The Kier molecular flexibility index (Phi) is 10.8. The molecule has 3 aromatic heterocycles. The highest BCUT2D eigenvalue weighted by molar-refractivity contribution is 6.08. The van der Waals surface area contributed by atoms with E-state index in [1.54, 1.807) is 41.2 Å². The molecule has 4 heterocycles. The van der Waals surface area contributed by atoms with Crippen LogP contribution in [0.3, 0.4) is 0 Å². The molecule has 1 aliphatic rings. The molecule has 290 valence electrons. The Hall–Kier alpha value is -7.14. The van der Waals surface area contributed by atoms with E-state index in [1.807, 2.05) is 116 Å². The predicted molar refractivity (Wildman–Crippen MR) is 225 cm³/mol. The van der Waals surface area contributed by atoms with Crippen molar-refractivity contribution in [2.75, 3.05) is 23.7 Å². The van der Waals surface area contributed by atoms with Crippen molar-refractivity contribution in [3.63, 3.8) is 0 Å². The van der Waals surface area contributed by atoms with E-state index < -0.39 is 12.1 Å². The second kappa shape index (κ2) is 16.5. The molecule has 2 unspecified atom stereocenters. The number of amides is 4. The Morgan fingerprint density at radius 1 is 0.724 bits per heavy atom. The number of nitrogens with zero attached hydrogens (tertiary/aromatic N) is 4. The molecule has 0 aliphatic carbocycles. The van der Waals surface area contributed by atoms with Gasteiger partial charge in [0.15, 0.2) is 0 Å². The first-order chi connectivity index (χ1) is 28.3. The molecule has 1 aliphatic heterocycles. The van der Waals surface area contributed by atoms with Gasteiger partial charge in [-0.3, -0.25) is 29.1 Å². The van der Waals surface area contributed by atoms with Crippen molar-refractivity contribution in [3.8, 4) is 22.6 Å². The number of benzene rings is 4. The van der Waals surface area contributed by atoms with Gasteiger partial charge in [0.25, 0.3) is 11.8 Å². The minimum absolute atomic E-state index is 0.238. The minimum Gasteiger partial charge on any atom is -0.456 e. The maximum absolute atomic E-state index is 13.7. The van der Waals surface area contributed by atoms with Crippen LogP contribution in [0.25, 0.3) is 44.2 Å². The van der Waals surface area contributed by atoms with Gasteiger partial charge in [-0.1, -0.05) is 55.5 Å². The Labute approximate surface area is 335 Å². The highest BCUT2D eigenvalue weighted by Crippen LogP contribution is 2.31. The summed E-state index contributed by atoms with van der Waals surface area (Å²) < 4.78 is 6.21. The van der Waals surface area contributed by atoms with Gasteiger partial charge in [0.2, 0.25) is 11.8 Å². The summed E-state index contributed by atoms with van der Waals surface area (Å²) in [6.07, 6.45) is 5.24. The van der Waals surface area contributed by atoms with Crippen molar-refractivity contribution in [2.24, 2.45) is 0 Å². The van der Waals surface area contributed by atoms with E-state index in [2.05, 4.69) is 20.6 Å². The molecule has 0 spiro atoms. The van der Waals surface area contributed by atoms with Gasteiger partial charge < -0.3 is 24.9 Å². The number of hydrogen-bond donors (Lipinski definition) is 2. The molecule has 4 aromatic carbocycles. The van der Waals surface area contributed by atoms with E-state index in [-0.39, 0.29) is 23.6 Å². The van der Waals surface area contributed by atoms with Gasteiger partial charge in [0, 0.05) is 58.8 Å². The maximum atomic E-state index is 13.7. The number of carbonyl (C=O) groups excluding carboxylic acids is 4. The van der Waals surface area contributed by atoms with Crippen molar-refractivity contribution in [1.29, 1.82) is 0 Å². The van der Waals surface area contributed by atoms with Crippen LogP contribution in [0.1, 0.15) is 54.1 Å². The molecule has 4 amide bonds. The summed E-state index contributed by atoms with van der Waals surface area (Å²) >= 11 is 0. The quantitative estimate of drug-likeness (QED) is 0.134. The van der Waals surface area contributed by atoms with Gasteiger partial charge in [-0.2, -0.15) is 0 Å². The summed E-state index contributed by atoms with van der Waals surface area (Å²) in [5.74, 6) is 0.220. The van der Waals surface area contributed by atoms with Crippen LogP contribution in [-0.2, 0) is 9.59 Å². The molecule has 2 atom stereocenters. The van der Waals surface area contributed by atoms with Gasteiger partial charge in [-0.25, -0.2) is 0 Å². The summed E-state index contributed by atoms with van der Waals surface area (Å²) in [7, 11) is 0. The van der Waals surface area contributed by atoms with Crippen LogP contribution in [0.2, 0.25) is 0 Å². The first-order valence-electron chi connectivity index (χ1n) is 19.5. The summed E-state index contributed by atoms with van der Waals surface area (Å²) in [6, 6.07) is 36.1. The van der Waals surface area contributed by atoms with Crippen LogP contribution in [0, 0.1) is 0 Å². The third kappa shape index (κ3) is 7.66. The second-order valence-electron chi connectivity index (χ2n) is 14.4. The van der Waals surface area contributed by atoms with Gasteiger partial charge >= 0.3 is 0 Å². The largest absolute Gasteiger partial charge is 0.456 e. The zero-order valence-corrected chi connectivity index (χ0v) is 32.2. The highest BCUT2D eigenvalue weighted by atomic mass is 16.3. The first kappa shape index (κ1) is 37.8. The van der Waals surface area contributed by atoms with Gasteiger partial charge in [0.05, 0.1) is 0 Å². The Morgan fingerprint density at radius 2 is 1.28 bits per heavy atom. The van der Waals surface area contributed by atoms with Crippen LogP contribution in [-0.4, -0.2) is 68.6 Å². The third-order valence-electron chi connectivity index (χ3n) is 10.6. The monoisotopic (exact) mass is 770 g/mol. The van der Waals surface area contributed by atoms with E-state index >= 15 is 0 Å². The zero-order chi connectivity index (χ0) is 40.2. The van der Waals surface area contributed by atoms with Crippen LogP contribution < -0.4 is 10.6 Å². The Morgan fingerprint density at radius 3 is 1.88 bits per heavy atom. The number of hydrogen-bond acceptors (Lipinski definition) is 7. The molecule has 2 N–H and O–H groups in total. The Bertz CT molecular complexity index is 2630. The van der Waals surface area contributed by atoms with Crippen molar-refractivity contribution in [1.82, 2.24) is 19.8 Å². The molecule has 0 bridgehead atoms. The van der Waals surface area contributed by atoms with Crippen molar-refractivity contribution >= 4 is 56.5 Å². The molecular weight excluding hydrogens is 729 g/mol. The summed E-state index contributed by atoms with van der Waals surface area (Å²) in [5, 5.41) is 9.30. The number of furan rings is 1. The SMILES string of the molecule is CCCN(C(=O)c1nccc2ccccc12)C(C)C(=O)Nc1ccc(-c2ccc(-c3ccc(NC(=O)C4CCCN4C(=O)c4nccc5ccccc45)cc3)o2)cc1. The molecule has 11 heteroatoms. The molecule has 8 rings (SSSR count). The molecule has 1 fully saturated rings. The zero-order valence-electron chi connectivity index (χ0n) is 32.2. The van der Waals surface area contributed by atoms with Crippen molar-refractivity contribution < 1.29 is 23.6 Å². The molecule has 0 saturated carbocycles. The van der Waals surface area contributed by atoms with Crippen molar-refractivity contribution in [3.05, 3.63) is 145 Å². The minimum atomic E-state index is -0.736. The number of likely N-dealkylation sites (tertiary alicyclic amines) is 1. The van der Waals surface area contributed by atoms with E-state index in [1.165, 1.54) is 0 Å². The number of rotatable bonds is 11. The normalized spacial score (nSPS) is 14.3. The number of aromatic nitrogens is 2. The lowest BCUT2D eigenvalue weighted by molar-refractivity contribution is -0.120. The van der Waals surface area contributed by atoms with Gasteiger partial charge in [-0.05, 0) is 110 Å². The number of anilines is 2. The van der Waals surface area contributed by atoms with E-state index in [0.717, 1.165) is 39.1 Å². The van der Waals surface area contributed by atoms with Crippen LogP contribution >= 0.6 is 0 Å². The van der Waals surface area contributed by atoms with Gasteiger partial charge in [-0.15, -0.1) is 0 Å². The van der Waals surface area contributed by atoms with Crippen LogP contribution in [0.5, 0.6) is 0 Å². The fourth-order valence-electron chi connectivity index (χ4n) is 7.54. The fraction of sp³-hybridized carbons (Fsp3) is 0.191. The molecule has 58 heavy (non-hydrogen) atoms. The van der Waals surface area contributed by atoms with Crippen molar-refractivity contribution in [2.45, 2.75) is 45.2 Å². The summed E-state index contributed by atoms with van der Waals surface area (Å²) in [4.78, 5) is 66.2. The standard InChI is InChI=1S/C47H42N6O5/c1-3-28-52(46(56)42-37-11-6-4-9-31(37)24-26-48-42)30(2)44(54)50-35-18-14-33(15-19-35)40-22-23-41(58-40)34-16-20-36(21-17-34)51-45(55)39-13-8-29-53(39)47(57)43-38-12-7-5-10-32(38)25-27-49-43/h4-7,9-12,14-27,30,39H,3,8,13,28-29H2,1-2H3,(H,50,54)(H,51,55). The number of nitrogens with one attached hydrogen (secondary N) is 2. The third-order valence-corrected chi connectivity index (χ3v) is 10.6. The van der Waals surface area contributed by atoms with E-state index in [4.69, 9.17) is 4.42 Å². The maximum Gasteiger partial charge on any atom is 0.273 e. The molecule has 11 nitrogen and oxygen atoms in total. The number of fused-ring (bicyclic) bond motifs is 2. The average Bonchev–Trinajstić information content (AvgIpc) is 3.97. The topological polar surface area (TPSA) is 138 Å². The molecule has 7 aromatic rings. The highest BCUT2D eigenvalue weighted by Gasteiger charge is 2.36. The lowest BCUT2D eigenvalue weighted by atomic mass is 10.1. The summed E-state index contributed by atoms with van der Waals surface area (Å²) in [5.41, 5.74) is 3.53. The lowest BCUT2D eigenvalue weighted by Crippen LogP contribution is -2.46. The number of carbonyl (C=O) groups is 4. The average molecular weight is 771 g/mol. The first-order valence-corrected chi connectivity index (χ1v) is 19.5. The molecule has 0 radical (unpaired) electrons. The van der Waals surface area contributed by atoms with Crippen LogP contribution in [0.4, 0.5) is 11.4 Å². The van der Waals surface area contributed by atoms with Gasteiger partial charge in [0.1, 0.15) is 35.0 Å². The van der Waals surface area contributed by atoms with Crippen LogP contribution in [0.15, 0.2) is 138 Å². The smallest absolute Gasteiger partial charge is 0.273 e. The summed E-state index contributed by atoms with van der Waals surface area (Å²) in [6.45, 7) is 4.59. The van der Waals surface area contributed by atoms with E-state index in [0.29, 0.717) is 60.2 Å². The lowest BCUT2D eigenvalue weighted by Gasteiger charge is -2.28. The Balaban J connectivity index is 0.886. The molecule has 1 saturated heterocycles. The number of pyridine rings is 2. The predicted octanol–water partition coefficient (Wildman–Crippen LogP) is 8.83. The van der Waals surface area contributed by atoms with E-state index in [9.17, 15) is 19.2 Å². The fourth-order valence-corrected chi connectivity index (χ4v) is 7.54.